The van der Waals surface area contributed by atoms with Gasteiger partial charge in [-0.25, -0.2) is 4.98 Å². The van der Waals surface area contributed by atoms with Gasteiger partial charge in [0.1, 0.15) is 0 Å². The van der Waals surface area contributed by atoms with Crippen molar-refractivity contribution in [2.75, 3.05) is 31.1 Å². The minimum Gasteiger partial charge on any atom is -0.478 e. The van der Waals surface area contributed by atoms with Gasteiger partial charge in [0.25, 0.3) is 5.91 Å². The van der Waals surface area contributed by atoms with E-state index in [-0.39, 0.29) is 5.91 Å². The molecule has 0 aliphatic carbocycles. The number of carbonyl (C=O) groups excluding carboxylic acids is 1. The minimum absolute atomic E-state index is 0.174. The third-order valence-corrected chi connectivity index (χ3v) is 4.01. The van der Waals surface area contributed by atoms with Gasteiger partial charge in [0.05, 0.1) is 12.9 Å². The topological polar surface area (TPSA) is 80.5 Å². The molecule has 1 unspecified atom stereocenters. The molecule has 3 heterocycles. The number of rotatable bonds is 6. The first-order valence-electron chi connectivity index (χ1n) is 8.28. The highest BCUT2D eigenvalue weighted by molar-refractivity contribution is 5.91. The van der Waals surface area contributed by atoms with E-state index in [4.69, 9.17) is 9.15 Å². The molecule has 1 fully saturated rings. The summed E-state index contributed by atoms with van der Waals surface area (Å²) in [4.78, 5) is 22.9. The number of anilines is 1. The average molecular weight is 330 g/mol. The van der Waals surface area contributed by atoms with Crippen molar-refractivity contribution in [2.45, 2.75) is 19.8 Å². The Labute approximate surface area is 141 Å². The van der Waals surface area contributed by atoms with Gasteiger partial charge in [0.15, 0.2) is 5.76 Å². The Morgan fingerprint density at radius 1 is 1.50 bits per heavy atom. The van der Waals surface area contributed by atoms with E-state index in [9.17, 15) is 4.79 Å². The molecule has 0 saturated carbocycles. The van der Waals surface area contributed by atoms with Crippen LogP contribution in [0.15, 0.2) is 35.1 Å². The summed E-state index contributed by atoms with van der Waals surface area (Å²) >= 11 is 0. The highest BCUT2D eigenvalue weighted by Crippen LogP contribution is 2.21. The molecule has 1 aliphatic rings. The van der Waals surface area contributed by atoms with E-state index in [2.05, 4.69) is 20.2 Å². The van der Waals surface area contributed by atoms with E-state index in [1.54, 1.807) is 24.4 Å². The lowest BCUT2D eigenvalue weighted by atomic mass is 9.98. The zero-order valence-electron chi connectivity index (χ0n) is 13.8. The molecule has 1 aliphatic heterocycles. The predicted octanol–water partition coefficient (Wildman–Crippen LogP) is 2.11. The smallest absolute Gasteiger partial charge is 0.286 e. The third-order valence-electron chi connectivity index (χ3n) is 4.01. The summed E-state index contributed by atoms with van der Waals surface area (Å²) < 4.78 is 10.5. The maximum atomic E-state index is 12.0. The fourth-order valence-electron chi connectivity index (χ4n) is 2.86. The molecule has 128 valence electrons. The first-order chi connectivity index (χ1) is 11.8. The van der Waals surface area contributed by atoms with Gasteiger partial charge < -0.3 is 19.4 Å². The van der Waals surface area contributed by atoms with Gasteiger partial charge in [-0.05, 0) is 37.8 Å². The van der Waals surface area contributed by atoms with Gasteiger partial charge in [-0.2, -0.15) is 4.98 Å². The fraction of sp³-hybridized carbons (Fsp3) is 0.471. The molecule has 0 aromatic carbocycles. The number of aromatic nitrogens is 2. The molecule has 3 rings (SSSR count). The summed E-state index contributed by atoms with van der Waals surface area (Å²) in [5.41, 5.74) is 0. The summed E-state index contributed by atoms with van der Waals surface area (Å²) in [6.07, 6.45) is 5.33. The largest absolute Gasteiger partial charge is 0.478 e. The zero-order chi connectivity index (χ0) is 16.8. The van der Waals surface area contributed by atoms with Crippen molar-refractivity contribution < 1.29 is 13.9 Å². The Kier molecular flexibility index (Phi) is 5.30. The molecule has 1 atom stereocenters. The van der Waals surface area contributed by atoms with Crippen molar-refractivity contribution in [3.8, 4) is 5.88 Å². The summed E-state index contributed by atoms with van der Waals surface area (Å²) in [7, 11) is 0. The van der Waals surface area contributed by atoms with Gasteiger partial charge in [0, 0.05) is 31.9 Å². The number of piperidine rings is 1. The molecule has 2 aromatic rings. The first-order valence-corrected chi connectivity index (χ1v) is 8.28. The van der Waals surface area contributed by atoms with Crippen molar-refractivity contribution >= 4 is 11.9 Å². The Morgan fingerprint density at radius 3 is 3.21 bits per heavy atom. The molecule has 1 amide bonds. The maximum Gasteiger partial charge on any atom is 0.286 e. The van der Waals surface area contributed by atoms with E-state index in [1.165, 1.54) is 6.26 Å². The molecule has 0 spiro atoms. The standard InChI is InChI=1S/C17H22N4O3/c1-2-23-15-7-8-18-17(20-15)21-9-3-5-13(12-21)11-19-16(22)14-6-4-10-24-14/h4,6-8,10,13H,2-3,5,9,11-12H2,1H3,(H,19,22). The lowest BCUT2D eigenvalue weighted by Gasteiger charge is -2.32. The molecule has 0 bridgehead atoms. The van der Waals surface area contributed by atoms with E-state index in [0.717, 1.165) is 25.9 Å². The lowest BCUT2D eigenvalue weighted by Crippen LogP contribution is -2.41. The van der Waals surface area contributed by atoms with Crippen LogP contribution in [-0.4, -0.2) is 42.1 Å². The second kappa shape index (κ2) is 7.81. The van der Waals surface area contributed by atoms with Gasteiger partial charge in [-0.15, -0.1) is 0 Å². The number of ether oxygens (including phenoxy) is 1. The van der Waals surface area contributed by atoms with E-state index >= 15 is 0 Å². The van der Waals surface area contributed by atoms with Crippen LogP contribution in [0.5, 0.6) is 5.88 Å². The van der Waals surface area contributed by atoms with Crippen molar-refractivity contribution in [2.24, 2.45) is 5.92 Å². The minimum atomic E-state index is -0.174. The van der Waals surface area contributed by atoms with Crippen LogP contribution in [0.1, 0.15) is 30.3 Å². The number of carbonyl (C=O) groups is 1. The van der Waals surface area contributed by atoms with Crippen LogP contribution in [-0.2, 0) is 0 Å². The SMILES string of the molecule is CCOc1ccnc(N2CCCC(CNC(=O)c3ccco3)C2)n1. The molecule has 1 saturated heterocycles. The normalized spacial score (nSPS) is 17.5. The molecule has 0 radical (unpaired) electrons. The summed E-state index contributed by atoms with van der Waals surface area (Å²) in [5, 5.41) is 2.93. The van der Waals surface area contributed by atoms with Crippen LogP contribution in [0.4, 0.5) is 5.95 Å². The molecule has 2 aromatic heterocycles. The monoisotopic (exact) mass is 330 g/mol. The number of nitrogens with one attached hydrogen (secondary N) is 1. The Bertz CT molecular complexity index is 660. The number of furan rings is 1. The lowest BCUT2D eigenvalue weighted by molar-refractivity contribution is 0.0918. The van der Waals surface area contributed by atoms with Crippen LogP contribution < -0.4 is 15.0 Å². The second-order valence-corrected chi connectivity index (χ2v) is 5.77. The Morgan fingerprint density at radius 2 is 2.42 bits per heavy atom. The summed E-state index contributed by atoms with van der Waals surface area (Å²) in [6.45, 7) is 4.85. The molecular formula is C17H22N4O3. The number of nitrogens with zero attached hydrogens (tertiary/aromatic N) is 3. The molecule has 7 nitrogen and oxygen atoms in total. The van der Waals surface area contributed by atoms with Crippen LogP contribution in [0.2, 0.25) is 0 Å². The Hall–Kier alpha value is -2.57. The second-order valence-electron chi connectivity index (χ2n) is 5.77. The van der Waals surface area contributed by atoms with Gasteiger partial charge >= 0.3 is 0 Å². The predicted molar refractivity (Wildman–Crippen MR) is 89.2 cm³/mol. The highest BCUT2D eigenvalue weighted by Gasteiger charge is 2.23. The molecule has 7 heteroatoms. The van der Waals surface area contributed by atoms with E-state index in [1.807, 2.05) is 6.92 Å². The highest BCUT2D eigenvalue weighted by atomic mass is 16.5. The van der Waals surface area contributed by atoms with Gasteiger partial charge in [0.2, 0.25) is 11.8 Å². The van der Waals surface area contributed by atoms with Gasteiger partial charge in [-0.1, -0.05) is 0 Å². The van der Waals surface area contributed by atoms with Crippen molar-refractivity contribution in [1.82, 2.24) is 15.3 Å². The quantitative estimate of drug-likeness (QED) is 0.874. The zero-order valence-corrected chi connectivity index (χ0v) is 13.8. The van der Waals surface area contributed by atoms with Crippen molar-refractivity contribution in [3.63, 3.8) is 0 Å². The summed E-state index contributed by atoms with van der Waals surface area (Å²) in [6, 6.07) is 5.13. The fourth-order valence-corrected chi connectivity index (χ4v) is 2.86. The number of hydrogen-bond acceptors (Lipinski definition) is 6. The number of hydrogen-bond donors (Lipinski definition) is 1. The van der Waals surface area contributed by atoms with E-state index in [0.29, 0.717) is 36.7 Å². The number of amides is 1. The Balaban J connectivity index is 1.56. The molecule has 24 heavy (non-hydrogen) atoms. The average Bonchev–Trinajstić information content (AvgIpc) is 3.15. The van der Waals surface area contributed by atoms with E-state index < -0.39 is 0 Å². The third kappa shape index (κ3) is 4.04. The van der Waals surface area contributed by atoms with Crippen LogP contribution in [0.3, 0.4) is 0 Å². The first kappa shape index (κ1) is 16.3. The molecular weight excluding hydrogens is 308 g/mol. The maximum absolute atomic E-state index is 12.0. The van der Waals surface area contributed by atoms with Crippen LogP contribution in [0, 0.1) is 5.92 Å². The summed E-state index contributed by atoms with van der Waals surface area (Å²) in [5.74, 6) is 1.80. The van der Waals surface area contributed by atoms with Crippen LogP contribution >= 0.6 is 0 Å². The van der Waals surface area contributed by atoms with Crippen LogP contribution in [0.25, 0.3) is 0 Å². The van der Waals surface area contributed by atoms with Crippen molar-refractivity contribution in [1.29, 1.82) is 0 Å². The molecule has 1 N–H and O–H groups in total. The van der Waals surface area contributed by atoms with Crippen molar-refractivity contribution in [3.05, 3.63) is 36.4 Å². The van der Waals surface area contributed by atoms with Gasteiger partial charge in [-0.3, -0.25) is 4.79 Å².